The Morgan fingerprint density at radius 1 is 0.919 bits per heavy atom. The molecule has 9 nitrogen and oxygen atoms in total. The molecule has 1 amide bonds. The molecule has 1 aliphatic rings. The van der Waals surface area contributed by atoms with Gasteiger partial charge in [0, 0.05) is 6.92 Å². The number of aliphatic hydroxyl groups excluding tert-OH is 1. The number of halogens is 3. The van der Waals surface area contributed by atoms with Gasteiger partial charge < -0.3 is 34.1 Å². The largest absolute Gasteiger partial charge is 0.463 e. The molecule has 1 aliphatic heterocycles. The maximum absolute atomic E-state index is 12.5. The van der Waals surface area contributed by atoms with Crippen molar-refractivity contribution in [3.8, 4) is 0 Å². The molecule has 2 N–H and O–H groups in total. The second-order valence-electron chi connectivity index (χ2n) is 8.25. The minimum atomic E-state index is -1.82. The topological polar surface area (TPSA) is 113 Å². The molecule has 1 fully saturated rings. The smallest absolute Gasteiger partial charge is 0.407 e. The van der Waals surface area contributed by atoms with E-state index in [-0.39, 0.29) is 19.8 Å². The number of carbonyl (C=O) groups excluding carboxylic acids is 2. The van der Waals surface area contributed by atoms with Gasteiger partial charge in [-0.1, -0.05) is 95.5 Å². The van der Waals surface area contributed by atoms with Crippen molar-refractivity contribution >= 4 is 46.9 Å². The highest BCUT2D eigenvalue weighted by molar-refractivity contribution is 6.67. The zero-order chi connectivity index (χ0) is 26.8. The molecule has 0 unspecified atom stereocenters. The molecule has 2 aromatic rings. The number of carbonyl (C=O) groups is 2. The van der Waals surface area contributed by atoms with E-state index in [1.165, 1.54) is 6.92 Å². The van der Waals surface area contributed by atoms with Gasteiger partial charge in [-0.2, -0.15) is 0 Å². The zero-order valence-electron chi connectivity index (χ0n) is 19.9. The quantitative estimate of drug-likeness (QED) is 0.324. The van der Waals surface area contributed by atoms with Crippen molar-refractivity contribution in [2.24, 2.45) is 0 Å². The lowest BCUT2D eigenvalue weighted by Gasteiger charge is -2.44. The number of hydrogen-bond donors (Lipinski definition) is 2. The van der Waals surface area contributed by atoms with Crippen LogP contribution in [0.25, 0.3) is 0 Å². The maximum atomic E-state index is 12.5. The van der Waals surface area contributed by atoms with Gasteiger partial charge in [-0.3, -0.25) is 4.79 Å². The van der Waals surface area contributed by atoms with Crippen LogP contribution >= 0.6 is 34.8 Å². The Morgan fingerprint density at radius 3 is 1.97 bits per heavy atom. The number of hydrogen-bond acceptors (Lipinski definition) is 8. The van der Waals surface area contributed by atoms with Gasteiger partial charge in [0.25, 0.3) is 0 Å². The average molecular weight is 577 g/mol. The van der Waals surface area contributed by atoms with E-state index in [1.807, 2.05) is 60.7 Å². The Balaban J connectivity index is 1.84. The summed E-state index contributed by atoms with van der Waals surface area (Å²) >= 11 is 17.0. The lowest BCUT2D eigenvalue weighted by Crippen LogP contribution is -2.65. The number of alkyl carbamates (subject to hydrolysis) is 1. The van der Waals surface area contributed by atoms with Crippen LogP contribution in [-0.4, -0.2) is 64.8 Å². The van der Waals surface area contributed by atoms with E-state index in [1.54, 1.807) is 0 Å². The number of aliphatic hydroxyl groups is 1. The molecule has 12 heteroatoms. The van der Waals surface area contributed by atoms with Crippen molar-refractivity contribution in [1.29, 1.82) is 0 Å². The van der Waals surface area contributed by atoms with Crippen LogP contribution in [0.4, 0.5) is 4.79 Å². The summed E-state index contributed by atoms with van der Waals surface area (Å²) in [6.07, 6.45) is -5.25. The zero-order valence-corrected chi connectivity index (χ0v) is 22.2. The predicted octanol–water partition coefficient (Wildman–Crippen LogP) is 3.90. The average Bonchev–Trinajstić information content (AvgIpc) is 2.86. The fourth-order valence-electron chi connectivity index (χ4n) is 3.67. The molecule has 0 aliphatic carbocycles. The van der Waals surface area contributed by atoms with Crippen molar-refractivity contribution < 1.29 is 38.4 Å². The first-order chi connectivity index (χ1) is 17.6. The van der Waals surface area contributed by atoms with Crippen LogP contribution in [0.2, 0.25) is 0 Å². The summed E-state index contributed by atoms with van der Waals surface area (Å²) in [5.74, 6) is -0.530. The third-order valence-corrected chi connectivity index (χ3v) is 5.67. The standard InChI is InChI=1S/C25H28Cl3NO8/c1-16(30)33-14-19-21(34-12-17-8-4-2-5-9-17)22(35-13-18-10-6-3-7-11-18)20(23(31)37-19)29-24(32)36-15-25(26,27)28/h2-11,19-23,31H,12-15H2,1H3,(H,29,32)/t19-,20-,21-,22-,23-/m1/s1. The Bertz CT molecular complexity index is 992. The number of benzene rings is 2. The van der Waals surface area contributed by atoms with Crippen LogP contribution in [0.5, 0.6) is 0 Å². The second kappa shape index (κ2) is 14.2. The van der Waals surface area contributed by atoms with Crippen LogP contribution in [0.3, 0.4) is 0 Å². The summed E-state index contributed by atoms with van der Waals surface area (Å²) in [4.78, 5) is 24.0. The normalized spacial score (nSPS) is 23.8. The van der Waals surface area contributed by atoms with Gasteiger partial charge in [-0.15, -0.1) is 0 Å². The molecule has 37 heavy (non-hydrogen) atoms. The van der Waals surface area contributed by atoms with Crippen molar-refractivity contribution in [1.82, 2.24) is 5.32 Å². The highest BCUT2D eigenvalue weighted by Gasteiger charge is 2.48. The van der Waals surface area contributed by atoms with E-state index in [4.69, 9.17) is 58.5 Å². The summed E-state index contributed by atoms with van der Waals surface area (Å²) in [5, 5.41) is 13.3. The molecule has 1 saturated heterocycles. The summed E-state index contributed by atoms with van der Waals surface area (Å²) in [7, 11) is 0. The van der Waals surface area contributed by atoms with Crippen LogP contribution < -0.4 is 5.32 Å². The molecule has 1 heterocycles. The molecular formula is C25H28Cl3NO8. The minimum absolute atomic E-state index is 0.130. The SMILES string of the molecule is CC(=O)OC[C@H]1O[C@@H](O)[C@H](NC(=O)OCC(Cl)(Cl)Cl)[C@@H](OCc2ccccc2)[C@@H]1OCc1ccccc1. The van der Waals surface area contributed by atoms with Gasteiger partial charge in [0.05, 0.1) is 13.2 Å². The van der Waals surface area contributed by atoms with Gasteiger partial charge in [0.15, 0.2) is 6.29 Å². The monoisotopic (exact) mass is 575 g/mol. The van der Waals surface area contributed by atoms with E-state index in [9.17, 15) is 14.7 Å². The number of amides is 1. The number of rotatable bonds is 10. The van der Waals surface area contributed by atoms with Gasteiger partial charge >= 0.3 is 12.1 Å². The Labute approximate surface area is 229 Å². The lowest BCUT2D eigenvalue weighted by molar-refractivity contribution is -0.275. The van der Waals surface area contributed by atoms with E-state index in [2.05, 4.69) is 5.32 Å². The second-order valence-corrected chi connectivity index (χ2v) is 10.8. The Morgan fingerprint density at radius 2 is 1.46 bits per heavy atom. The fraction of sp³-hybridized carbons (Fsp3) is 0.440. The van der Waals surface area contributed by atoms with E-state index >= 15 is 0 Å². The maximum Gasteiger partial charge on any atom is 0.407 e. The molecular weight excluding hydrogens is 549 g/mol. The van der Waals surface area contributed by atoms with Gasteiger partial charge in [0.1, 0.15) is 37.6 Å². The highest BCUT2D eigenvalue weighted by atomic mass is 35.6. The third-order valence-electron chi connectivity index (χ3n) is 5.34. The van der Waals surface area contributed by atoms with Crippen LogP contribution in [0.15, 0.2) is 60.7 Å². The number of esters is 1. The van der Waals surface area contributed by atoms with Gasteiger partial charge in [-0.25, -0.2) is 4.79 Å². The molecule has 0 bridgehead atoms. The number of ether oxygens (including phenoxy) is 5. The fourth-order valence-corrected chi connectivity index (χ4v) is 3.83. The predicted molar refractivity (Wildman–Crippen MR) is 136 cm³/mol. The van der Waals surface area contributed by atoms with Crippen molar-refractivity contribution in [2.75, 3.05) is 13.2 Å². The molecule has 0 aromatic heterocycles. The molecule has 0 radical (unpaired) electrons. The summed E-state index contributed by atoms with van der Waals surface area (Å²) < 4.78 is 26.4. The highest BCUT2D eigenvalue weighted by Crippen LogP contribution is 2.29. The molecule has 202 valence electrons. The van der Waals surface area contributed by atoms with Gasteiger partial charge in [0.2, 0.25) is 3.79 Å². The molecule has 0 spiro atoms. The summed E-state index contributed by atoms with van der Waals surface area (Å²) in [5.41, 5.74) is 1.72. The van der Waals surface area contributed by atoms with Crippen molar-refractivity contribution in [3.63, 3.8) is 0 Å². The summed E-state index contributed by atoms with van der Waals surface area (Å²) in [6, 6.07) is 17.5. The molecule has 2 aromatic carbocycles. The van der Waals surface area contributed by atoms with E-state index in [0.29, 0.717) is 0 Å². The lowest BCUT2D eigenvalue weighted by atomic mass is 9.96. The van der Waals surface area contributed by atoms with Crippen molar-refractivity contribution in [3.05, 3.63) is 71.8 Å². The first-order valence-electron chi connectivity index (χ1n) is 11.4. The van der Waals surface area contributed by atoms with Crippen LogP contribution in [0, 0.1) is 0 Å². The minimum Gasteiger partial charge on any atom is -0.463 e. The van der Waals surface area contributed by atoms with Crippen molar-refractivity contribution in [2.45, 2.75) is 54.6 Å². The number of alkyl halides is 3. The van der Waals surface area contributed by atoms with Crippen LogP contribution in [-0.2, 0) is 41.7 Å². The summed E-state index contributed by atoms with van der Waals surface area (Å²) in [6.45, 7) is 0.822. The molecule has 3 rings (SSSR count). The van der Waals surface area contributed by atoms with Crippen LogP contribution in [0.1, 0.15) is 18.1 Å². The Hall–Kier alpha value is -2.11. The van der Waals surface area contributed by atoms with Gasteiger partial charge in [-0.05, 0) is 11.1 Å². The number of nitrogens with one attached hydrogen (secondary N) is 1. The van der Waals surface area contributed by atoms with E-state index in [0.717, 1.165) is 11.1 Å². The molecule has 5 atom stereocenters. The van der Waals surface area contributed by atoms with E-state index < -0.39 is 53.1 Å². The first kappa shape index (κ1) is 29.4. The first-order valence-corrected chi connectivity index (χ1v) is 12.5. The third kappa shape index (κ3) is 9.94. The molecule has 0 saturated carbocycles. The Kier molecular flexibility index (Phi) is 11.3.